The fraction of sp³-hybridized carbons (Fsp3) is 0. The molecule has 0 spiro atoms. The van der Waals surface area contributed by atoms with Crippen molar-refractivity contribution in [3.63, 3.8) is 0 Å². The van der Waals surface area contributed by atoms with E-state index in [1.807, 2.05) is 0 Å². The number of halogens is 2. The summed E-state index contributed by atoms with van der Waals surface area (Å²) in [6.45, 7) is 0. The minimum absolute atomic E-state index is 0.00565. The van der Waals surface area contributed by atoms with Gasteiger partial charge < -0.3 is 9.84 Å². The lowest BCUT2D eigenvalue weighted by molar-refractivity contribution is 0.144. The van der Waals surface area contributed by atoms with Gasteiger partial charge in [0, 0.05) is 6.07 Å². The van der Waals surface area contributed by atoms with Crippen molar-refractivity contribution in [1.82, 2.24) is 0 Å². The predicted octanol–water partition coefficient (Wildman–Crippen LogP) is 2.54. The number of rotatable bonds is 1. The summed E-state index contributed by atoms with van der Waals surface area (Å²) in [6.07, 6.45) is -1.46. The lowest BCUT2D eigenvalue weighted by atomic mass is 10.3. The summed E-state index contributed by atoms with van der Waals surface area (Å²) in [6, 6.07) is 3.29. The van der Waals surface area contributed by atoms with Gasteiger partial charge in [0.05, 0.1) is 5.02 Å². The van der Waals surface area contributed by atoms with Crippen molar-refractivity contribution in [3.8, 4) is 5.75 Å². The fourth-order valence-corrected chi connectivity index (χ4v) is 0.812. The van der Waals surface area contributed by atoms with Crippen molar-refractivity contribution in [2.24, 2.45) is 0 Å². The van der Waals surface area contributed by atoms with E-state index in [4.69, 9.17) is 16.7 Å². The van der Waals surface area contributed by atoms with Crippen LogP contribution in [0.15, 0.2) is 18.2 Å². The minimum atomic E-state index is -1.46. The van der Waals surface area contributed by atoms with Crippen LogP contribution in [0.1, 0.15) is 0 Å². The second-order valence-electron chi connectivity index (χ2n) is 1.94. The molecule has 0 aliphatic heterocycles. The van der Waals surface area contributed by atoms with Crippen molar-refractivity contribution < 1.29 is 19.0 Å². The molecular weight excluding hydrogens is 187 g/mol. The summed E-state index contributed by atoms with van der Waals surface area (Å²) in [5, 5.41) is 8.00. The molecule has 5 heteroatoms. The van der Waals surface area contributed by atoms with Gasteiger partial charge in [0.15, 0.2) is 0 Å². The second kappa shape index (κ2) is 3.40. The zero-order chi connectivity index (χ0) is 9.14. The van der Waals surface area contributed by atoms with Gasteiger partial charge in [-0.2, -0.15) is 0 Å². The molecule has 0 radical (unpaired) electrons. The zero-order valence-corrected chi connectivity index (χ0v) is 6.51. The van der Waals surface area contributed by atoms with Gasteiger partial charge in [-0.25, -0.2) is 9.18 Å². The Morgan fingerprint density at radius 2 is 2.25 bits per heavy atom. The largest absolute Gasteiger partial charge is 0.511 e. The molecule has 0 aliphatic carbocycles. The van der Waals surface area contributed by atoms with Crippen LogP contribution in [-0.4, -0.2) is 11.3 Å². The maximum absolute atomic E-state index is 12.5. The third-order valence-corrected chi connectivity index (χ3v) is 1.39. The highest BCUT2D eigenvalue weighted by Gasteiger charge is 2.04. The van der Waals surface area contributed by atoms with Crippen LogP contribution in [0.3, 0.4) is 0 Å². The quantitative estimate of drug-likeness (QED) is 0.547. The number of hydrogen-bond acceptors (Lipinski definition) is 2. The van der Waals surface area contributed by atoms with Crippen molar-refractivity contribution in [1.29, 1.82) is 0 Å². The van der Waals surface area contributed by atoms with E-state index < -0.39 is 12.0 Å². The molecule has 0 bridgehead atoms. The Balaban J connectivity index is 2.89. The Hall–Kier alpha value is -1.29. The van der Waals surface area contributed by atoms with Gasteiger partial charge >= 0.3 is 6.16 Å². The Labute approximate surface area is 72.3 Å². The highest BCUT2D eigenvalue weighted by Crippen LogP contribution is 2.20. The normalized spacial score (nSPS) is 9.50. The third-order valence-electron chi connectivity index (χ3n) is 1.10. The number of carbonyl (C=O) groups is 1. The second-order valence-corrected chi connectivity index (χ2v) is 2.35. The molecule has 3 nitrogen and oxygen atoms in total. The molecule has 0 amide bonds. The SMILES string of the molecule is O=C(O)Oc1ccc(F)c(Cl)c1. The molecule has 0 saturated heterocycles. The minimum Gasteiger partial charge on any atom is -0.449 e. The number of ether oxygens (including phenoxy) is 1. The number of carboxylic acid groups (broad SMARTS) is 1. The molecule has 1 aromatic carbocycles. The first-order chi connectivity index (χ1) is 5.59. The van der Waals surface area contributed by atoms with Crippen LogP contribution < -0.4 is 4.74 Å². The molecule has 0 heterocycles. The maximum atomic E-state index is 12.5. The molecule has 0 fully saturated rings. The number of benzene rings is 1. The van der Waals surface area contributed by atoms with Crippen LogP contribution in [0.4, 0.5) is 9.18 Å². The summed E-state index contributed by atoms with van der Waals surface area (Å²) in [5.41, 5.74) is 0. The fourth-order valence-electron chi connectivity index (χ4n) is 0.641. The van der Waals surface area contributed by atoms with Crippen LogP contribution in [-0.2, 0) is 0 Å². The molecule has 64 valence electrons. The highest BCUT2D eigenvalue weighted by atomic mass is 35.5. The predicted molar refractivity (Wildman–Crippen MR) is 40.1 cm³/mol. The van der Waals surface area contributed by atoms with E-state index in [9.17, 15) is 9.18 Å². The first kappa shape index (κ1) is 8.80. The van der Waals surface area contributed by atoms with Crippen LogP contribution >= 0.6 is 11.6 Å². The van der Waals surface area contributed by atoms with Crippen molar-refractivity contribution in [3.05, 3.63) is 29.0 Å². The Bertz CT molecular complexity index is 314. The summed E-state index contributed by atoms with van der Waals surface area (Å²) >= 11 is 5.35. The van der Waals surface area contributed by atoms with E-state index in [0.29, 0.717) is 0 Å². The molecule has 0 atom stereocenters. The highest BCUT2D eigenvalue weighted by molar-refractivity contribution is 6.30. The van der Waals surface area contributed by atoms with E-state index in [2.05, 4.69) is 4.74 Å². The Kier molecular flexibility index (Phi) is 2.50. The topological polar surface area (TPSA) is 46.5 Å². The number of hydrogen-bond donors (Lipinski definition) is 1. The van der Waals surface area contributed by atoms with Crippen molar-refractivity contribution >= 4 is 17.8 Å². The molecular formula is C7H4ClFO3. The van der Waals surface area contributed by atoms with E-state index in [0.717, 1.165) is 12.1 Å². The van der Waals surface area contributed by atoms with Gasteiger partial charge in [-0.3, -0.25) is 0 Å². The average Bonchev–Trinajstić information content (AvgIpc) is 1.96. The molecule has 0 saturated carbocycles. The van der Waals surface area contributed by atoms with E-state index >= 15 is 0 Å². The van der Waals surface area contributed by atoms with Crippen molar-refractivity contribution in [2.75, 3.05) is 0 Å². The molecule has 1 rings (SSSR count). The molecule has 0 aromatic heterocycles. The summed E-state index contributed by atoms with van der Waals surface area (Å²) in [5.74, 6) is -0.622. The van der Waals surface area contributed by atoms with Crippen LogP contribution in [0.25, 0.3) is 0 Å². The lowest BCUT2D eigenvalue weighted by Gasteiger charge is -1.99. The summed E-state index contributed by atoms with van der Waals surface area (Å²) in [7, 11) is 0. The van der Waals surface area contributed by atoms with Gasteiger partial charge in [0.25, 0.3) is 0 Å². The lowest BCUT2D eigenvalue weighted by Crippen LogP contribution is -2.02. The van der Waals surface area contributed by atoms with Gasteiger partial charge in [0.1, 0.15) is 11.6 Å². The van der Waals surface area contributed by atoms with Crippen LogP contribution in [0.5, 0.6) is 5.75 Å². The summed E-state index contributed by atoms with van der Waals surface area (Å²) < 4.78 is 16.7. The molecule has 12 heavy (non-hydrogen) atoms. The zero-order valence-electron chi connectivity index (χ0n) is 5.75. The van der Waals surface area contributed by atoms with Gasteiger partial charge in [-0.05, 0) is 12.1 Å². The first-order valence-corrected chi connectivity index (χ1v) is 3.33. The average molecular weight is 191 g/mol. The van der Waals surface area contributed by atoms with Gasteiger partial charge in [-0.1, -0.05) is 11.6 Å². The smallest absolute Gasteiger partial charge is 0.449 e. The van der Waals surface area contributed by atoms with Gasteiger partial charge in [0.2, 0.25) is 0 Å². The Morgan fingerprint density at radius 1 is 1.58 bits per heavy atom. The van der Waals surface area contributed by atoms with Crippen LogP contribution in [0.2, 0.25) is 5.02 Å². The third kappa shape index (κ3) is 2.10. The molecule has 1 aromatic rings. The molecule has 1 N–H and O–H groups in total. The Morgan fingerprint density at radius 3 is 2.75 bits per heavy atom. The van der Waals surface area contributed by atoms with Crippen molar-refractivity contribution in [2.45, 2.75) is 0 Å². The monoisotopic (exact) mass is 190 g/mol. The van der Waals surface area contributed by atoms with E-state index in [-0.39, 0.29) is 10.8 Å². The molecule has 0 unspecified atom stereocenters. The standard InChI is InChI=1S/C7H4ClFO3/c8-5-3-4(12-7(10)11)1-2-6(5)9/h1-3H,(H,10,11). The van der Waals surface area contributed by atoms with E-state index in [1.54, 1.807) is 0 Å². The van der Waals surface area contributed by atoms with Crippen LogP contribution in [0, 0.1) is 5.82 Å². The first-order valence-electron chi connectivity index (χ1n) is 2.95. The maximum Gasteiger partial charge on any atom is 0.511 e. The van der Waals surface area contributed by atoms with Gasteiger partial charge in [-0.15, -0.1) is 0 Å². The molecule has 0 aliphatic rings. The van der Waals surface area contributed by atoms with E-state index in [1.165, 1.54) is 6.07 Å². The summed E-state index contributed by atoms with van der Waals surface area (Å²) in [4.78, 5) is 10.0.